The zero-order chi connectivity index (χ0) is 25.1. The number of hydrogen-bond acceptors (Lipinski definition) is 6. The molecule has 0 unspecified atom stereocenters. The van der Waals surface area contributed by atoms with Crippen LogP contribution in [0.1, 0.15) is 11.1 Å². The average Bonchev–Trinajstić information content (AvgIpc) is 2.79. The highest BCUT2D eigenvalue weighted by atomic mass is 19.4. The molecule has 0 bridgehead atoms. The molecule has 1 heterocycles. The lowest BCUT2D eigenvalue weighted by atomic mass is 10.2. The van der Waals surface area contributed by atoms with Gasteiger partial charge in [-0.05, 0) is 48.5 Å². The molecule has 0 aliphatic carbocycles. The van der Waals surface area contributed by atoms with Crippen LogP contribution in [0.4, 0.5) is 61.2 Å². The van der Waals surface area contributed by atoms with Gasteiger partial charge in [-0.3, -0.25) is 0 Å². The molecule has 4 aromatic rings. The molecule has 0 saturated carbocycles. The molecule has 0 spiro atoms. The van der Waals surface area contributed by atoms with Crippen molar-refractivity contribution in [3.63, 3.8) is 0 Å². The van der Waals surface area contributed by atoms with Gasteiger partial charge < -0.3 is 16.0 Å². The number of benzene rings is 3. The van der Waals surface area contributed by atoms with Crippen LogP contribution in [0.15, 0.2) is 78.9 Å². The van der Waals surface area contributed by atoms with Crippen molar-refractivity contribution >= 4 is 34.9 Å². The van der Waals surface area contributed by atoms with E-state index in [-0.39, 0.29) is 29.2 Å². The predicted octanol–water partition coefficient (Wildman–Crippen LogP) is 7.14. The second-order valence-electron chi connectivity index (χ2n) is 7.20. The van der Waals surface area contributed by atoms with Gasteiger partial charge in [-0.2, -0.15) is 41.3 Å². The Bertz CT molecular complexity index is 1230. The van der Waals surface area contributed by atoms with Crippen molar-refractivity contribution < 1.29 is 26.3 Å². The predicted molar refractivity (Wildman–Crippen MR) is 119 cm³/mol. The van der Waals surface area contributed by atoms with E-state index < -0.39 is 23.5 Å². The highest BCUT2D eigenvalue weighted by Crippen LogP contribution is 2.32. The van der Waals surface area contributed by atoms with Crippen LogP contribution in [0.5, 0.6) is 0 Å². The van der Waals surface area contributed by atoms with Gasteiger partial charge in [0.25, 0.3) is 0 Å². The van der Waals surface area contributed by atoms with Gasteiger partial charge in [0.2, 0.25) is 17.8 Å². The fraction of sp³-hybridized carbons (Fsp3) is 0.0870. The maximum absolute atomic E-state index is 13.1. The van der Waals surface area contributed by atoms with Crippen LogP contribution in [0, 0.1) is 0 Å². The summed E-state index contributed by atoms with van der Waals surface area (Å²) < 4.78 is 78.4. The average molecular weight is 490 g/mol. The Kier molecular flexibility index (Phi) is 6.45. The van der Waals surface area contributed by atoms with E-state index >= 15 is 0 Å². The first-order valence-corrected chi connectivity index (χ1v) is 10.0. The molecule has 0 aliphatic heterocycles. The molecule has 6 nitrogen and oxygen atoms in total. The van der Waals surface area contributed by atoms with Crippen LogP contribution in [0.2, 0.25) is 0 Å². The number of para-hydroxylation sites is 1. The van der Waals surface area contributed by atoms with E-state index in [9.17, 15) is 26.3 Å². The zero-order valence-corrected chi connectivity index (χ0v) is 17.6. The van der Waals surface area contributed by atoms with Crippen LogP contribution in [-0.2, 0) is 12.4 Å². The van der Waals surface area contributed by atoms with Gasteiger partial charge in [0, 0.05) is 17.1 Å². The highest BCUT2D eigenvalue weighted by molar-refractivity contribution is 5.62. The van der Waals surface area contributed by atoms with Crippen LogP contribution in [-0.4, -0.2) is 15.0 Å². The zero-order valence-electron chi connectivity index (χ0n) is 17.6. The number of nitrogens with one attached hydrogen (secondary N) is 3. The Morgan fingerprint density at radius 2 is 0.829 bits per heavy atom. The lowest BCUT2D eigenvalue weighted by Crippen LogP contribution is -2.09. The lowest BCUT2D eigenvalue weighted by molar-refractivity contribution is -0.138. The van der Waals surface area contributed by atoms with E-state index in [0.29, 0.717) is 5.69 Å². The molecule has 0 saturated heterocycles. The maximum atomic E-state index is 13.1. The Morgan fingerprint density at radius 3 is 1.23 bits per heavy atom. The molecule has 3 N–H and O–H groups in total. The number of hydrogen-bond donors (Lipinski definition) is 3. The molecule has 0 atom stereocenters. The van der Waals surface area contributed by atoms with Gasteiger partial charge in [-0.15, -0.1) is 0 Å². The van der Waals surface area contributed by atoms with E-state index in [1.54, 1.807) is 30.3 Å². The Hall–Kier alpha value is -4.35. The van der Waals surface area contributed by atoms with Crippen LogP contribution in [0.3, 0.4) is 0 Å². The van der Waals surface area contributed by atoms with Crippen molar-refractivity contribution in [3.05, 3.63) is 90.0 Å². The van der Waals surface area contributed by atoms with E-state index in [1.807, 2.05) is 0 Å². The second kappa shape index (κ2) is 9.49. The van der Waals surface area contributed by atoms with Crippen molar-refractivity contribution in [2.75, 3.05) is 16.0 Å². The lowest BCUT2D eigenvalue weighted by Gasteiger charge is -2.13. The van der Waals surface area contributed by atoms with Gasteiger partial charge in [-0.25, -0.2) is 0 Å². The SMILES string of the molecule is FC(F)(F)c1cccc(Nc2nc(Nc3ccccc3)nc(Nc3cccc(C(F)(F)F)c3)n2)c1. The summed E-state index contributed by atoms with van der Waals surface area (Å²) in [5.41, 5.74) is -1.03. The van der Waals surface area contributed by atoms with Crippen molar-refractivity contribution in [2.45, 2.75) is 12.4 Å². The largest absolute Gasteiger partial charge is 0.416 e. The molecule has 0 aliphatic rings. The molecule has 35 heavy (non-hydrogen) atoms. The first-order chi connectivity index (χ1) is 16.6. The van der Waals surface area contributed by atoms with E-state index in [2.05, 4.69) is 30.9 Å². The summed E-state index contributed by atoms with van der Waals surface area (Å²) in [4.78, 5) is 12.4. The summed E-state index contributed by atoms with van der Waals surface area (Å²) in [6.45, 7) is 0. The van der Waals surface area contributed by atoms with Gasteiger partial charge in [0.1, 0.15) is 0 Å². The topological polar surface area (TPSA) is 74.8 Å². The molecule has 0 amide bonds. The number of anilines is 6. The van der Waals surface area contributed by atoms with Gasteiger partial charge >= 0.3 is 12.4 Å². The second-order valence-corrected chi connectivity index (χ2v) is 7.20. The molecule has 0 radical (unpaired) electrons. The minimum Gasteiger partial charge on any atom is -0.324 e. The van der Waals surface area contributed by atoms with Crippen molar-refractivity contribution in [1.82, 2.24) is 15.0 Å². The van der Waals surface area contributed by atoms with Crippen LogP contribution in [0.25, 0.3) is 0 Å². The monoisotopic (exact) mass is 490 g/mol. The van der Waals surface area contributed by atoms with Crippen LogP contribution < -0.4 is 16.0 Å². The summed E-state index contributed by atoms with van der Waals surface area (Å²) >= 11 is 0. The normalized spacial score (nSPS) is 11.7. The van der Waals surface area contributed by atoms with E-state index in [1.165, 1.54) is 24.3 Å². The number of nitrogens with zero attached hydrogens (tertiary/aromatic N) is 3. The quantitative estimate of drug-likeness (QED) is 0.250. The van der Waals surface area contributed by atoms with Crippen molar-refractivity contribution in [2.24, 2.45) is 0 Å². The number of rotatable bonds is 6. The Labute approximate surface area is 195 Å². The molecule has 12 heteroatoms. The fourth-order valence-electron chi connectivity index (χ4n) is 3.00. The summed E-state index contributed by atoms with van der Waals surface area (Å²) in [7, 11) is 0. The third kappa shape index (κ3) is 6.37. The summed E-state index contributed by atoms with van der Waals surface area (Å²) in [6.07, 6.45) is -9.10. The van der Waals surface area contributed by atoms with Gasteiger partial charge in [0.05, 0.1) is 11.1 Å². The van der Waals surface area contributed by atoms with Gasteiger partial charge in [-0.1, -0.05) is 30.3 Å². The molecular weight excluding hydrogens is 474 g/mol. The van der Waals surface area contributed by atoms with E-state index in [4.69, 9.17) is 0 Å². The molecule has 1 aromatic heterocycles. The van der Waals surface area contributed by atoms with E-state index in [0.717, 1.165) is 24.3 Å². The molecule has 3 aromatic carbocycles. The summed E-state index contributed by atoms with van der Waals surface area (Å²) in [6, 6.07) is 17.6. The van der Waals surface area contributed by atoms with Gasteiger partial charge in [0.15, 0.2) is 0 Å². The fourth-order valence-corrected chi connectivity index (χ4v) is 3.00. The number of aromatic nitrogens is 3. The smallest absolute Gasteiger partial charge is 0.324 e. The van der Waals surface area contributed by atoms with Crippen molar-refractivity contribution in [1.29, 1.82) is 0 Å². The third-order valence-corrected chi connectivity index (χ3v) is 4.56. The van der Waals surface area contributed by atoms with Crippen LogP contribution >= 0.6 is 0 Å². The molecule has 0 fully saturated rings. The third-order valence-electron chi connectivity index (χ3n) is 4.56. The van der Waals surface area contributed by atoms with Crippen molar-refractivity contribution in [3.8, 4) is 0 Å². The Morgan fingerprint density at radius 1 is 0.457 bits per heavy atom. The minimum atomic E-state index is -4.55. The Balaban J connectivity index is 1.67. The first-order valence-electron chi connectivity index (χ1n) is 10.0. The number of alkyl halides is 6. The molecule has 180 valence electrons. The summed E-state index contributed by atoms with van der Waals surface area (Å²) in [5, 5.41) is 8.29. The molecular formula is C23H16F6N6. The minimum absolute atomic E-state index is 0.00940. The maximum Gasteiger partial charge on any atom is 0.416 e. The summed E-state index contributed by atoms with van der Waals surface area (Å²) in [5.74, 6) is -0.255. The number of halogens is 6. The standard InChI is InChI=1S/C23H16F6N6/c24-22(25,26)14-6-4-10-17(12-14)31-20-33-19(30-16-8-2-1-3-9-16)34-21(35-20)32-18-11-5-7-15(13-18)23(27,28)29/h1-13H,(H3,30,31,32,33,34,35). The first kappa shape index (κ1) is 23.8. The highest BCUT2D eigenvalue weighted by Gasteiger charge is 2.31. The molecule has 4 rings (SSSR count).